The summed E-state index contributed by atoms with van der Waals surface area (Å²) in [5.41, 5.74) is -1.29. The summed E-state index contributed by atoms with van der Waals surface area (Å²) in [6.45, 7) is 0.366. The van der Waals surface area contributed by atoms with Crippen molar-refractivity contribution in [2.24, 2.45) is 5.92 Å². The maximum absolute atomic E-state index is 14.0. The Morgan fingerprint density at radius 2 is 2.13 bits per heavy atom. The van der Waals surface area contributed by atoms with Gasteiger partial charge in [-0.2, -0.15) is 0 Å². The Labute approximate surface area is 175 Å². The molecule has 2 atom stereocenters. The number of fused-ring (bicyclic) bond motifs is 2. The van der Waals surface area contributed by atoms with Crippen LogP contribution in [0.4, 0.5) is 4.39 Å². The lowest BCUT2D eigenvalue weighted by atomic mass is 9.87. The minimum absolute atomic E-state index is 0.0841. The first-order valence-corrected chi connectivity index (χ1v) is 9.74. The topological polar surface area (TPSA) is 97.6 Å². The van der Waals surface area contributed by atoms with Gasteiger partial charge in [-0.3, -0.25) is 14.4 Å². The van der Waals surface area contributed by atoms with E-state index in [2.05, 4.69) is 5.32 Å². The van der Waals surface area contributed by atoms with E-state index in [1.807, 2.05) is 12.2 Å². The van der Waals surface area contributed by atoms with Crippen molar-refractivity contribution >= 4 is 23.3 Å². The molecule has 0 aliphatic carbocycles. The van der Waals surface area contributed by atoms with E-state index in [0.29, 0.717) is 13.0 Å². The Hall–Kier alpha value is -2.97. The van der Waals surface area contributed by atoms with Gasteiger partial charge >= 0.3 is 0 Å². The van der Waals surface area contributed by atoms with Crippen LogP contribution >= 0.6 is 11.6 Å². The number of pyridine rings is 1. The van der Waals surface area contributed by atoms with Gasteiger partial charge < -0.3 is 19.7 Å². The van der Waals surface area contributed by atoms with Crippen LogP contribution in [-0.4, -0.2) is 34.1 Å². The van der Waals surface area contributed by atoms with Gasteiger partial charge in [-0.05, 0) is 12.5 Å². The number of carbonyl (C=O) groups excluding carboxylic acids is 2. The molecule has 0 saturated heterocycles. The summed E-state index contributed by atoms with van der Waals surface area (Å²) < 4.78 is 21.1. The van der Waals surface area contributed by atoms with Crippen LogP contribution in [-0.2, 0) is 17.8 Å². The molecule has 9 heteroatoms. The van der Waals surface area contributed by atoms with Crippen molar-refractivity contribution in [2.75, 3.05) is 6.61 Å². The molecule has 4 rings (SSSR count). The summed E-state index contributed by atoms with van der Waals surface area (Å²) in [6, 6.07) is 4.37. The number of rotatable bonds is 3. The summed E-state index contributed by atoms with van der Waals surface area (Å²) in [6.07, 6.45) is 4.90. The van der Waals surface area contributed by atoms with Gasteiger partial charge in [-0.1, -0.05) is 35.9 Å². The lowest BCUT2D eigenvalue weighted by Crippen LogP contribution is -2.42. The molecule has 1 amide bonds. The number of benzene rings is 1. The predicted octanol–water partition coefficient (Wildman–Crippen LogP) is 2.43. The minimum atomic E-state index is -0.956. The van der Waals surface area contributed by atoms with Crippen molar-refractivity contribution in [3.8, 4) is 5.75 Å². The molecule has 0 bridgehead atoms. The van der Waals surface area contributed by atoms with E-state index in [0.717, 1.165) is 0 Å². The fourth-order valence-corrected chi connectivity index (χ4v) is 3.95. The van der Waals surface area contributed by atoms with Crippen LogP contribution < -0.4 is 10.7 Å². The molecule has 0 radical (unpaired) electrons. The van der Waals surface area contributed by atoms with Crippen molar-refractivity contribution in [3.63, 3.8) is 0 Å². The molecule has 2 aliphatic rings. The molecule has 30 heavy (non-hydrogen) atoms. The quantitative estimate of drug-likeness (QED) is 0.726. The highest BCUT2D eigenvalue weighted by molar-refractivity contribution is 6.30. The fourth-order valence-electron chi connectivity index (χ4n) is 3.75. The Morgan fingerprint density at radius 1 is 1.33 bits per heavy atom. The van der Waals surface area contributed by atoms with Crippen molar-refractivity contribution in [3.05, 3.63) is 74.4 Å². The average molecular weight is 433 g/mol. The number of nitrogens with one attached hydrogen (secondary N) is 1. The molecule has 0 unspecified atom stereocenters. The Morgan fingerprint density at radius 3 is 2.93 bits per heavy atom. The maximum atomic E-state index is 14.0. The van der Waals surface area contributed by atoms with E-state index in [-0.39, 0.29) is 34.9 Å². The van der Waals surface area contributed by atoms with E-state index in [1.54, 1.807) is 0 Å². The van der Waals surface area contributed by atoms with Crippen LogP contribution in [0.1, 0.15) is 32.8 Å². The van der Waals surface area contributed by atoms with Crippen LogP contribution in [0, 0.1) is 11.7 Å². The predicted molar refractivity (Wildman–Crippen MR) is 106 cm³/mol. The van der Waals surface area contributed by atoms with E-state index >= 15 is 0 Å². The Balaban J connectivity index is 1.63. The molecule has 0 saturated carbocycles. The average Bonchev–Trinajstić information content (AvgIpc) is 2.97. The number of ether oxygens (including phenoxy) is 1. The second kappa shape index (κ2) is 8.04. The lowest BCUT2D eigenvalue weighted by molar-refractivity contribution is 0.0139. The number of hydrogen-bond acceptors (Lipinski definition) is 5. The van der Waals surface area contributed by atoms with Crippen molar-refractivity contribution in [1.29, 1.82) is 0 Å². The molecule has 2 aromatic rings. The summed E-state index contributed by atoms with van der Waals surface area (Å²) >= 11 is 5.73. The second-order valence-corrected chi connectivity index (χ2v) is 7.57. The highest BCUT2D eigenvalue weighted by Gasteiger charge is 2.39. The van der Waals surface area contributed by atoms with Crippen LogP contribution in [0.3, 0.4) is 0 Å². The third kappa shape index (κ3) is 3.53. The van der Waals surface area contributed by atoms with Crippen LogP contribution in [0.2, 0.25) is 5.02 Å². The number of amides is 1. The van der Waals surface area contributed by atoms with Crippen molar-refractivity contribution < 1.29 is 23.8 Å². The van der Waals surface area contributed by atoms with Gasteiger partial charge in [0.05, 0.1) is 23.7 Å². The maximum Gasteiger partial charge on any atom is 0.257 e. The lowest BCUT2D eigenvalue weighted by Gasteiger charge is -2.32. The monoisotopic (exact) mass is 432 g/mol. The molecule has 2 aliphatic heterocycles. The van der Waals surface area contributed by atoms with Gasteiger partial charge in [-0.25, -0.2) is 4.39 Å². The first-order chi connectivity index (χ1) is 14.4. The molecule has 1 aromatic heterocycles. The molecule has 0 spiro atoms. The highest BCUT2D eigenvalue weighted by Crippen LogP contribution is 2.31. The minimum Gasteiger partial charge on any atom is -0.503 e. The van der Waals surface area contributed by atoms with Crippen molar-refractivity contribution in [2.45, 2.75) is 25.6 Å². The molecule has 1 aromatic carbocycles. The van der Waals surface area contributed by atoms with Gasteiger partial charge in [0.2, 0.25) is 5.43 Å². The van der Waals surface area contributed by atoms with Crippen LogP contribution in [0.15, 0.2) is 41.3 Å². The zero-order valence-corrected chi connectivity index (χ0v) is 16.5. The number of ketones is 1. The fraction of sp³-hybridized carbons (Fsp3) is 0.286. The first kappa shape index (κ1) is 20.3. The van der Waals surface area contributed by atoms with Gasteiger partial charge in [0.1, 0.15) is 17.1 Å². The first-order valence-electron chi connectivity index (χ1n) is 9.36. The molecule has 2 N–H and O–H groups in total. The van der Waals surface area contributed by atoms with Gasteiger partial charge in [0.25, 0.3) is 5.91 Å². The number of Topliss-reactive ketones (excluding diaryl/α,β-unsaturated/α-hetero) is 1. The SMILES string of the molecule is O=C(NCc1cccc(Cl)c1F)c1cn2c(c(O)c1=O)C(=O)[C@H]1CC=CCO[C@H]1C2. The molecule has 3 heterocycles. The number of carbonyl (C=O) groups is 2. The Kier molecular flexibility index (Phi) is 5.44. The van der Waals surface area contributed by atoms with E-state index < -0.39 is 40.7 Å². The van der Waals surface area contributed by atoms with Gasteiger partial charge in [-0.15, -0.1) is 0 Å². The zero-order chi connectivity index (χ0) is 21.4. The third-order valence-electron chi connectivity index (χ3n) is 5.33. The van der Waals surface area contributed by atoms with Crippen LogP contribution in [0.25, 0.3) is 0 Å². The summed E-state index contributed by atoms with van der Waals surface area (Å²) in [5.74, 6) is -3.14. The summed E-state index contributed by atoms with van der Waals surface area (Å²) in [7, 11) is 0. The largest absolute Gasteiger partial charge is 0.503 e. The third-order valence-corrected chi connectivity index (χ3v) is 5.62. The molecule has 156 valence electrons. The van der Waals surface area contributed by atoms with Gasteiger partial charge in [0, 0.05) is 24.8 Å². The number of hydrogen-bond donors (Lipinski definition) is 2. The number of halogens is 2. The normalized spacial score (nSPS) is 20.3. The van der Waals surface area contributed by atoms with Gasteiger partial charge in [0.15, 0.2) is 11.5 Å². The molecule has 7 nitrogen and oxygen atoms in total. The Bertz CT molecular complexity index is 1130. The number of aromatic nitrogens is 1. The summed E-state index contributed by atoms with van der Waals surface area (Å²) in [5, 5.41) is 12.8. The second-order valence-electron chi connectivity index (χ2n) is 7.17. The smallest absolute Gasteiger partial charge is 0.257 e. The zero-order valence-electron chi connectivity index (χ0n) is 15.7. The van der Waals surface area contributed by atoms with E-state index in [9.17, 15) is 23.9 Å². The highest BCUT2D eigenvalue weighted by atomic mass is 35.5. The number of nitrogens with zero attached hydrogens (tertiary/aromatic N) is 1. The standard InChI is InChI=1S/C21H18ClFN2O5/c22-14-6-3-4-11(16(14)23)8-24-21(29)13-9-25-10-15-12(5-1-2-7-30-15)18(26)17(25)20(28)19(13)27/h1-4,6,9,12,15,28H,5,7-8,10H2,(H,24,29)/t12-,15-/m0/s1. The molecular formula is C21H18ClFN2O5. The van der Waals surface area contributed by atoms with Crippen LogP contribution in [0.5, 0.6) is 5.75 Å². The molecule has 0 fully saturated rings. The molecular weight excluding hydrogens is 415 g/mol. The van der Waals surface area contributed by atoms with E-state index in [4.69, 9.17) is 16.3 Å². The van der Waals surface area contributed by atoms with E-state index in [1.165, 1.54) is 29.0 Å². The number of aromatic hydroxyl groups is 1. The van der Waals surface area contributed by atoms with Crippen molar-refractivity contribution in [1.82, 2.24) is 9.88 Å². The summed E-state index contributed by atoms with van der Waals surface area (Å²) in [4.78, 5) is 38.0. The number of allylic oxidation sites excluding steroid dienone is 1.